The number of nitrogens with one attached hydrogen (secondary N) is 3. The largest absolute Gasteiger partial charge is 0.361 e. The quantitative estimate of drug-likeness (QED) is 0.222. The minimum Gasteiger partial charge on any atom is -0.361 e. The fourth-order valence-corrected chi connectivity index (χ4v) is 4.33. The van der Waals surface area contributed by atoms with Crippen molar-refractivity contribution in [3.8, 4) is 0 Å². The standard InChI is InChI=1S/C30H30N4/c1-2-7-24(8-3-1)20-31-22-28-19-27(17-18-32-28)34-26-15-13-23(14-16-26)9-6-10-25-21-33-30-12-5-4-11-29(25)30/h1-5,7-8,11-19,21,31,33H,6,9-10,20,22H2,(H,32,34). The van der Waals surface area contributed by atoms with Crippen LogP contribution in [0.15, 0.2) is 103 Å². The molecule has 0 spiro atoms. The molecule has 170 valence electrons. The van der Waals surface area contributed by atoms with Gasteiger partial charge in [-0.2, -0.15) is 0 Å². The fourth-order valence-electron chi connectivity index (χ4n) is 4.33. The summed E-state index contributed by atoms with van der Waals surface area (Å²) in [4.78, 5) is 7.87. The number of nitrogens with zero attached hydrogens (tertiary/aromatic N) is 1. The summed E-state index contributed by atoms with van der Waals surface area (Å²) >= 11 is 0. The van der Waals surface area contributed by atoms with E-state index < -0.39 is 0 Å². The topological polar surface area (TPSA) is 52.7 Å². The van der Waals surface area contributed by atoms with Crippen LogP contribution in [0.3, 0.4) is 0 Å². The van der Waals surface area contributed by atoms with Gasteiger partial charge in [-0.1, -0.05) is 60.7 Å². The normalized spacial score (nSPS) is 11.1. The van der Waals surface area contributed by atoms with E-state index in [4.69, 9.17) is 0 Å². The number of aromatic nitrogens is 2. The van der Waals surface area contributed by atoms with E-state index in [2.05, 4.69) is 106 Å². The van der Waals surface area contributed by atoms with Gasteiger partial charge >= 0.3 is 0 Å². The Morgan fingerprint density at radius 2 is 1.53 bits per heavy atom. The Hall–Kier alpha value is -3.89. The van der Waals surface area contributed by atoms with Crippen LogP contribution < -0.4 is 10.6 Å². The number of hydrogen-bond acceptors (Lipinski definition) is 3. The smallest absolute Gasteiger partial charge is 0.0562 e. The van der Waals surface area contributed by atoms with Gasteiger partial charge in [-0.05, 0) is 66.3 Å². The molecule has 5 aromatic rings. The molecule has 0 atom stereocenters. The summed E-state index contributed by atoms with van der Waals surface area (Å²) in [6, 6.07) is 31.8. The lowest BCUT2D eigenvalue weighted by Gasteiger charge is -2.10. The number of anilines is 2. The molecule has 0 bridgehead atoms. The van der Waals surface area contributed by atoms with Gasteiger partial charge in [0.25, 0.3) is 0 Å². The molecule has 4 heteroatoms. The molecule has 0 aliphatic heterocycles. The first-order chi connectivity index (χ1) is 16.8. The average Bonchev–Trinajstić information content (AvgIpc) is 3.29. The van der Waals surface area contributed by atoms with Gasteiger partial charge in [-0.3, -0.25) is 4.98 Å². The first kappa shape index (κ1) is 21.9. The number of para-hydroxylation sites is 1. The second-order valence-corrected chi connectivity index (χ2v) is 8.66. The number of aromatic amines is 1. The van der Waals surface area contributed by atoms with Gasteiger partial charge in [0.05, 0.1) is 5.69 Å². The summed E-state index contributed by atoms with van der Waals surface area (Å²) in [6.45, 7) is 1.57. The van der Waals surface area contributed by atoms with Crippen molar-refractivity contribution in [2.75, 3.05) is 5.32 Å². The molecule has 0 saturated heterocycles. The van der Waals surface area contributed by atoms with E-state index in [1.165, 1.54) is 27.6 Å². The Bertz CT molecular complexity index is 1320. The molecular formula is C30H30N4. The molecular weight excluding hydrogens is 416 g/mol. The van der Waals surface area contributed by atoms with Gasteiger partial charge in [-0.15, -0.1) is 0 Å². The third-order valence-electron chi connectivity index (χ3n) is 6.12. The Kier molecular flexibility index (Phi) is 6.98. The van der Waals surface area contributed by atoms with Crippen molar-refractivity contribution in [1.82, 2.24) is 15.3 Å². The molecule has 34 heavy (non-hydrogen) atoms. The van der Waals surface area contributed by atoms with Gasteiger partial charge < -0.3 is 15.6 Å². The predicted molar refractivity (Wildman–Crippen MR) is 141 cm³/mol. The van der Waals surface area contributed by atoms with E-state index in [0.29, 0.717) is 0 Å². The maximum absolute atomic E-state index is 4.50. The second kappa shape index (κ2) is 10.8. The van der Waals surface area contributed by atoms with E-state index in [9.17, 15) is 0 Å². The second-order valence-electron chi connectivity index (χ2n) is 8.66. The molecule has 3 N–H and O–H groups in total. The van der Waals surface area contributed by atoms with Crippen LogP contribution in [-0.2, 0) is 25.9 Å². The maximum Gasteiger partial charge on any atom is 0.0562 e. The van der Waals surface area contributed by atoms with Crippen molar-refractivity contribution < 1.29 is 0 Å². The van der Waals surface area contributed by atoms with Gasteiger partial charge in [0.2, 0.25) is 0 Å². The third kappa shape index (κ3) is 5.72. The predicted octanol–water partition coefficient (Wildman–Crippen LogP) is 6.77. The van der Waals surface area contributed by atoms with Gasteiger partial charge in [0, 0.05) is 47.8 Å². The summed E-state index contributed by atoms with van der Waals surface area (Å²) in [5, 5.41) is 8.31. The zero-order chi connectivity index (χ0) is 23.0. The van der Waals surface area contributed by atoms with Crippen molar-refractivity contribution in [2.24, 2.45) is 0 Å². The van der Waals surface area contributed by atoms with Crippen LogP contribution in [0.2, 0.25) is 0 Å². The number of pyridine rings is 1. The Labute approximate surface area is 201 Å². The zero-order valence-electron chi connectivity index (χ0n) is 19.3. The number of rotatable bonds is 10. The number of H-pyrrole nitrogens is 1. The van der Waals surface area contributed by atoms with Crippen molar-refractivity contribution in [2.45, 2.75) is 32.4 Å². The average molecular weight is 447 g/mol. The molecule has 4 nitrogen and oxygen atoms in total. The zero-order valence-corrected chi connectivity index (χ0v) is 19.3. The molecule has 5 rings (SSSR count). The fraction of sp³-hybridized carbons (Fsp3) is 0.167. The first-order valence-corrected chi connectivity index (χ1v) is 11.9. The Morgan fingerprint density at radius 3 is 2.41 bits per heavy atom. The summed E-state index contributed by atoms with van der Waals surface area (Å²) < 4.78 is 0. The lowest BCUT2D eigenvalue weighted by Crippen LogP contribution is -2.13. The molecule has 0 unspecified atom stereocenters. The van der Waals surface area contributed by atoms with Gasteiger partial charge in [0.1, 0.15) is 0 Å². The molecule has 0 fully saturated rings. The number of fused-ring (bicyclic) bond motifs is 1. The SMILES string of the molecule is c1ccc(CNCc2cc(Nc3ccc(CCCc4c[nH]c5ccccc45)cc3)ccn2)cc1. The third-order valence-corrected chi connectivity index (χ3v) is 6.12. The number of hydrogen-bond donors (Lipinski definition) is 3. The van der Waals surface area contributed by atoms with E-state index in [0.717, 1.165) is 49.4 Å². The van der Waals surface area contributed by atoms with Crippen molar-refractivity contribution >= 4 is 22.3 Å². The highest BCUT2D eigenvalue weighted by atomic mass is 14.9. The molecule has 0 saturated carbocycles. The molecule has 0 aliphatic carbocycles. The monoisotopic (exact) mass is 446 g/mol. The lowest BCUT2D eigenvalue weighted by molar-refractivity contribution is 0.680. The van der Waals surface area contributed by atoms with Crippen LogP contribution in [0.1, 0.15) is 28.8 Å². The van der Waals surface area contributed by atoms with E-state index in [1.807, 2.05) is 18.3 Å². The van der Waals surface area contributed by atoms with Gasteiger partial charge in [0.15, 0.2) is 0 Å². The van der Waals surface area contributed by atoms with Crippen LogP contribution in [0, 0.1) is 0 Å². The van der Waals surface area contributed by atoms with Crippen LogP contribution in [-0.4, -0.2) is 9.97 Å². The number of aryl methyl sites for hydroxylation is 2. The maximum atomic E-state index is 4.50. The number of benzene rings is 3. The molecule has 3 aromatic carbocycles. The van der Waals surface area contributed by atoms with Crippen molar-refractivity contribution in [3.63, 3.8) is 0 Å². The first-order valence-electron chi connectivity index (χ1n) is 11.9. The summed E-state index contributed by atoms with van der Waals surface area (Å²) in [5.41, 5.74) is 8.44. The van der Waals surface area contributed by atoms with Crippen LogP contribution >= 0.6 is 0 Å². The Balaban J connectivity index is 1.11. The lowest BCUT2D eigenvalue weighted by atomic mass is 10.0. The minimum absolute atomic E-state index is 0.736. The molecule has 2 aromatic heterocycles. The molecule has 0 radical (unpaired) electrons. The van der Waals surface area contributed by atoms with Crippen LogP contribution in [0.4, 0.5) is 11.4 Å². The summed E-state index contributed by atoms with van der Waals surface area (Å²) in [7, 11) is 0. The minimum atomic E-state index is 0.736. The molecule has 0 amide bonds. The highest BCUT2D eigenvalue weighted by Crippen LogP contribution is 2.21. The van der Waals surface area contributed by atoms with Crippen LogP contribution in [0.25, 0.3) is 10.9 Å². The van der Waals surface area contributed by atoms with Gasteiger partial charge in [-0.25, -0.2) is 0 Å². The summed E-state index contributed by atoms with van der Waals surface area (Å²) in [5.74, 6) is 0. The van der Waals surface area contributed by atoms with Crippen molar-refractivity contribution in [3.05, 3.63) is 126 Å². The highest BCUT2D eigenvalue weighted by Gasteiger charge is 2.04. The highest BCUT2D eigenvalue weighted by molar-refractivity contribution is 5.83. The summed E-state index contributed by atoms with van der Waals surface area (Å²) in [6.07, 6.45) is 7.31. The van der Waals surface area contributed by atoms with E-state index in [1.54, 1.807) is 0 Å². The van der Waals surface area contributed by atoms with Crippen molar-refractivity contribution in [1.29, 1.82) is 0 Å². The van der Waals surface area contributed by atoms with E-state index in [-0.39, 0.29) is 0 Å². The molecule has 2 heterocycles. The van der Waals surface area contributed by atoms with Crippen LogP contribution in [0.5, 0.6) is 0 Å². The Morgan fingerprint density at radius 1 is 0.706 bits per heavy atom. The van der Waals surface area contributed by atoms with E-state index >= 15 is 0 Å². The molecule has 0 aliphatic rings.